The average Bonchev–Trinajstić information content (AvgIpc) is 2.19. The first kappa shape index (κ1) is 10.9. The lowest BCUT2D eigenvalue weighted by molar-refractivity contribution is 0.739. The van der Waals surface area contributed by atoms with Crippen LogP contribution in [-0.2, 0) is 6.42 Å². The molecule has 16 heavy (non-hydrogen) atoms. The van der Waals surface area contributed by atoms with Gasteiger partial charge in [-0.25, -0.2) is 0 Å². The topological polar surface area (TPSA) is 58.9 Å². The number of aryl methyl sites for hydroxylation is 1. The van der Waals surface area contributed by atoms with Gasteiger partial charge in [-0.3, -0.25) is 4.79 Å². The number of rotatable bonds is 2. The summed E-state index contributed by atoms with van der Waals surface area (Å²) in [7, 11) is 0. The van der Waals surface area contributed by atoms with Gasteiger partial charge in [-0.2, -0.15) is 0 Å². The monoisotopic (exact) mass is 216 g/mol. The van der Waals surface area contributed by atoms with E-state index < -0.39 is 0 Å². The zero-order valence-corrected chi connectivity index (χ0v) is 9.58. The summed E-state index contributed by atoms with van der Waals surface area (Å²) < 4.78 is 0. The molecule has 3 heteroatoms. The number of aromatic amines is 1. The maximum Gasteiger partial charge on any atom is 0.251 e. The van der Waals surface area contributed by atoms with Gasteiger partial charge in [0.25, 0.3) is 5.56 Å². The van der Waals surface area contributed by atoms with Gasteiger partial charge in [0.2, 0.25) is 0 Å². The fraction of sp³-hybridized carbons (Fsp3) is 0.308. The molecule has 1 aromatic heterocycles. The fourth-order valence-electron chi connectivity index (χ4n) is 1.86. The molecule has 3 N–H and O–H groups in total. The maximum atomic E-state index is 11.4. The normalized spacial score (nSPS) is 12.9. The predicted molar refractivity (Wildman–Crippen MR) is 66.7 cm³/mol. The van der Waals surface area contributed by atoms with Gasteiger partial charge in [-0.15, -0.1) is 0 Å². The fourth-order valence-corrected chi connectivity index (χ4v) is 1.86. The van der Waals surface area contributed by atoms with Crippen LogP contribution in [0.2, 0.25) is 0 Å². The highest BCUT2D eigenvalue weighted by Crippen LogP contribution is 2.14. The van der Waals surface area contributed by atoms with Gasteiger partial charge < -0.3 is 10.7 Å². The minimum atomic E-state index is -0.0209. The van der Waals surface area contributed by atoms with E-state index in [0.717, 1.165) is 22.9 Å². The van der Waals surface area contributed by atoms with Crippen molar-refractivity contribution >= 4 is 10.9 Å². The highest BCUT2D eigenvalue weighted by Gasteiger charge is 2.02. The van der Waals surface area contributed by atoms with Crippen molar-refractivity contribution < 1.29 is 0 Å². The molecule has 0 spiro atoms. The molecule has 0 bridgehead atoms. The molecular weight excluding hydrogens is 200 g/mol. The van der Waals surface area contributed by atoms with Gasteiger partial charge in [-0.05, 0) is 49.4 Å². The molecule has 1 aromatic carbocycles. The summed E-state index contributed by atoms with van der Waals surface area (Å²) in [4.78, 5) is 14.3. The molecule has 0 radical (unpaired) electrons. The summed E-state index contributed by atoms with van der Waals surface area (Å²) in [5.41, 5.74) is 8.57. The first-order valence-electron chi connectivity index (χ1n) is 5.44. The minimum absolute atomic E-state index is 0.0209. The van der Waals surface area contributed by atoms with Crippen molar-refractivity contribution in [1.29, 1.82) is 0 Å². The third-order valence-corrected chi connectivity index (χ3v) is 2.65. The summed E-state index contributed by atoms with van der Waals surface area (Å²) in [6.07, 6.45) is 0.855. The molecule has 0 saturated heterocycles. The van der Waals surface area contributed by atoms with Gasteiger partial charge in [0.15, 0.2) is 0 Å². The van der Waals surface area contributed by atoms with Crippen molar-refractivity contribution in [1.82, 2.24) is 4.98 Å². The number of nitrogens with one attached hydrogen (secondary N) is 1. The molecule has 3 nitrogen and oxygen atoms in total. The summed E-state index contributed by atoms with van der Waals surface area (Å²) in [5.74, 6) is 0. The summed E-state index contributed by atoms with van der Waals surface area (Å²) in [6.45, 7) is 3.80. The van der Waals surface area contributed by atoms with Gasteiger partial charge in [-0.1, -0.05) is 6.07 Å². The molecule has 0 aliphatic rings. The third-order valence-electron chi connectivity index (χ3n) is 2.65. The van der Waals surface area contributed by atoms with Gasteiger partial charge >= 0.3 is 0 Å². The van der Waals surface area contributed by atoms with Crippen LogP contribution in [0.25, 0.3) is 10.9 Å². The molecule has 1 heterocycles. The Hall–Kier alpha value is -1.61. The molecule has 0 aliphatic heterocycles. The number of benzene rings is 1. The van der Waals surface area contributed by atoms with Crippen LogP contribution >= 0.6 is 0 Å². The molecule has 0 saturated carbocycles. The van der Waals surface area contributed by atoms with Crippen molar-refractivity contribution in [2.75, 3.05) is 0 Å². The number of hydrogen-bond donors (Lipinski definition) is 2. The number of fused-ring (bicyclic) bond motifs is 1. The van der Waals surface area contributed by atoms with Gasteiger partial charge in [0.05, 0.1) is 0 Å². The van der Waals surface area contributed by atoms with E-state index in [-0.39, 0.29) is 11.6 Å². The smallest absolute Gasteiger partial charge is 0.251 e. The first-order valence-corrected chi connectivity index (χ1v) is 5.44. The van der Waals surface area contributed by atoms with Crippen LogP contribution in [0.5, 0.6) is 0 Å². The van der Waals surface area contributed by atoms with Crippen LogP contribution in [0.3, 0.4) is 0 Å². The Kier molecular flexibility index (Phi) is 2.79. The third kappa shape index (κ3) is 2.14. The summed E-state index contributed by atoms with van der Waals surface area (Å²) in [6, 6.07) is 8.10. The van der Waals surface area contributed by atoms with Crippen LogP contribution in [0, 0.1) is 6.92 Å². The lowest BCUT2D eigenvalue weighted by Crippen LogP contribution is -2.17. The zero-order valence-electron chi connectivity index (χ0n) is 9.58. The predicted octanol–water partition coefficient (Wildman–Crippen LogP) is 1.73. The van der Waals surface area contributed by atoms with Crippen molar-refractivity contribution in [3.8, 4) is 0 Å². The van der Waals surface area contributed by atoms with Crippen LogP contribution in [0.1, 0.15) is 18.1 Å². The SMILES string of the molecule is Cc1cc2cc(CC(C)N)ccc2[nH]c1=O. The van der Waals surface area contributed by atoms with Crippen molar-refractivity contribution in [2.45, 2.75) is 26.3 Å². The second-order valence-electron chi connectivity index (χ2n) is 4.38. The largest absolute Gasteiger partial charge is 0.328 e. The molecule has 0 aliphatic carbocycles. The minimum Gasteiger partial charge on any atom is -0.328 e. The molecule has 1 unspecified atom stereocenters. The Morgan fingerprint density at radius 3 is 2.81 bits per heavy atom. The number of H-pyrrole nitrogens is 1. The Bertz CT molecular complexity index is 570. The number of nitrogens with two attached hydrogens (primary N) is 1. The van der Waals surface area contributed by atoms with Crippen LogP contribution in [0.15, 0.2) is 29.1 Å². The van der Waals surface area contributed by atoms with E-state index in [1.807, 2.05) is 32.0 Å². The second kappa shape index (κ2) is 4.10. The average molecular weight is 216 g/mol. The van der Waals surface area contributed by atoms with E-state index in [1.54, 1.807) is 0 Å². The zero-order chi connectivity index (χ0) is 11.7. The molecule has 84 valence electrons. The highest BCUT2D eigenvalue weighted by molar-refractivity contribution is 5.79. The lowest BCUT2D eigenvalue weighted by atomic mass is 10.0. The van der Waals surface area contributed by atoms with Crippen molar-refractivity contribution in [2.24, 2.45) is 5.73 Å². The van der Waals surface area contributed by atoms with E-state index in [0.29, 0.717) is 0 Å². The van der Waals surface area contributed by atoms with Gasteiger partial charge in [0, 0.05) is 17.1 Å². The van der Waals surface area contributed by atoms with Crippen LogP contribution in [0.4, 0.5) is 0 Å². The Balaban J connectivity index is 2.53. The molecule has 2 rings (SSSR count). The Morgan fingerprint density at radius 1 is 1.38 bits per heavy atom. The Labute approximate surface area is 94.3 Å². The Morgan fingerprint density at radius 2 is 2.12 bits per heavy atom. The van der Waals surface area contributed by atoms with Crippen molar-refractivity contribution in [3.05, 3.63) is 45.7 Å². The lowest BCUT2D eigenvalue weighted by Gasteiger charge is -2.06. The second-order valence-corrected chi connectivity index (χ2v) is 4.38. The van der Waals surface area contributed by atoms with Crippen molar-refractivity contribution in [3.63, 3.8) is 0 Å². The number of pyridine rings is 1. The summed E-state index contributed by atoms with van der Waals surface area (Å²) >= 11 is 0. The summed E-state index contributed by atoms with van der Waals surface area (Å²) in [5, 5.41) is 1.07. The van der Waals surface area contributed by atoms with E-state index in [9.17, 15) is 4.79 Å². The molecule has 0 fully saturated rings. The number of hydrogen-bond acceptors (Lipinski definition) is 2. The quantitative estimate of drug-likeness (QED) is 0.803. The molecule has 1 atom stereocenters. The maximum absolute atomic E-state index is 11.4. The molecular formula is C13H16N2O. The van der Waals surface area contributed by atoms with E-state index in [4.69, 9.17) is 5.73 Å². The standard InChI is InChI=1S/C13H16N2O/c1-8-5-11-7-10(6-9(2)14)3-4-12(11)15-13(8)16/h3-5,7,9H,6,14H2,1-2H3,(H,15,16). The van der Waals surface area contributed by atoms with E-state index in [2.05, 4.69) is 11.1 Å². The van der Waals surface area contributed by atoms with E-state index in [1.165, 1.54) is 5.56 Å². The number of aromatic nitrogens is 1. The highest BCUT2D eigenvalue weighted by atomic mass is 16.1. The molecule has 0 amide bonds. The van der Waals surface area contributed by atoms with Crippen LogP contribution in [-0.4, -0.2) is 11.0 Å². The van der Waals surface area contributed by atoms with Crippen LogP contribution < -0.4 is 11.3 Å². The van der Waals surface area contributed by atoms with Gasteiger partial charge in [0.1, 0.15) is 0 Å². The first-order chi connectivity index (χ1) is 7.56. The van der Waals surface area contributed by atoms with E-state index >= 15 is 0 Å². The molecule has 2 aromatic rings.